The molecular formula is C16H19ClN2O5. The summed E-state index contributed by atoms with van der Waals surface area (Å²) in [5.74, 6) is 0.205. The van der Waals surface area contributed by atoms with E-state index in [9.17, 15) is 9.59 Å². The minimum absolute atomic E-state index is 0.146. The van der Waals surface area contributed by atoms with E-state index >= 15 is 0 Å². The molecule has 0 saturated carbocycles. The molecule has 0 spiro atoms. The van der Waals surface area contributed by atoms with Gasteiger partial charge in [-0.3, -0.25) is 14.5 Å². The highest BCUT2D eigenvalue weighted by atomic mass is 35.5. The first kappa shape index (κ1) is 17.0. The molecule has 0 radical (unpaired) electrons. The summed E-state index contributed by atoms with van der Waals surface area (Å²) in [6.45, 7) is 2.41. The molecule has 130 valence electrons. The van der Waals surface area contributed by atoms with Gasteiger partial charge in [0.1, 0.15) is 11.5 Å². The highest BCUT2D eigenvalue weighted by molar-refractivity contribution is 6.32. The molecule has 2 aliphatic heterocycles. The van der Waals surface area contributed by atoms with Crippen LogP contribution in [-0.2, 0) is 14.3 Å². The van der Waals surface area contributed by atoms with E-state index in [2.05, 4.69) is 0 Å². The fourth-order valence-corrected chi connectivity index (χ4v) is 3.29. The van der Waals surface area contributed by atoms with E-state index in [1.807, 2.05) is 4.90 Å². The lowest BCUT2D eigenvalue weighted by Gasteiger charge is -2.30. The van der Waals surface area contributed by atoms with Gasteiger partial charge in [-0.05, 0) is 0 Å². The Kier molecular flexibility index (Phi) is 4.93. The van der Waals surface area contributed by atoms with Crippen LogP contribution in [0, 0.1) is 0 Å². The highest BCUT2D eigenvalue weighted by Gasteiger charge is 2.44. The molecule has 0 bridgehead atoms. The number of imide groups is 1. The highest BCUT2D eigenvalue weighted by Crippen LogP contribution is 2.40. The first-order valence-corrected chi connectivity index (χ1v) is 8.04. The number of hydrogen-bond acceptors (Lipinski definition) is 6. The Labute approximate surface area is 145 Å². The number of amides is 2. The van der Waals surface area contributed by atoms with E-state index in [1.54, 1.807) is 12.1 Å². The summed E-state index contributed by atoms with van der Waals surface area (Å²) in [4.78, 5) is 28.5. The van der Waals surface area contributed by atoms with E-state index in [0.29, 0.717) is 48.5 Å². The fourth-order valence-electron chi connectivity index (χ4n) is 3.06. The summed E-state index contributed by atoms with van der Waals surface area (Å²) in [6, 6.07) is 2.63. The Bertz CT molecular complexity index is 660. The van der Waals surface area contributed by atoms with Gasteiger partial charge < -0.3 is 14.2 Å². The molecule has 8 heteroatoms. The van der Waals surface area contributed by atoms with Crippen molar-refractivity contribution >= 4 is 29.1 Å². The summed E-state index contributed by atoms with van der Waals surface area (Å²) in [7, 11) is 2.94. The van der Waals surface area contributed by atoms with Crippen LogP contribution in [0.1, 0.15) is 6.42 Å². The SMILES string of the molecule is COc1cc(N2C(=O)CC(N3CCOCC3)C2=O)c(OC)cc1Cl. The summed E-state index contributed by atoms with van der Waals surface area (Å²) in [6.07, 6.45) is 0.146. The van der Waals surface area contributed by atoms with Crippen LogP contribution in [0.4, 0.5) is 5.69 Å². The number of hydrogen-bond donors (Lipinski definition) is 0. The zero-order valence-corrected chi connectivity index (χ0v) is 14.3. The molecule has 2 aliphatic rings. The van der Waals surface area contributed by atoms with Gasteiger partial charge in [0.25, 0.3) is 5.91 Å². The Morgan fingerprint density at radius 1 is 1.12 bits per heavy atom. The minimum atomic E-state index is -0.465. The number of nitrogens with zero attached hydrogens (tertiary/aromatic N) is 2. The maximum absolute atomic E-state index is 12.9. The number of ether oxygens (including phenoxy) is 3. The van der Waals surface area contributed by atoms with Gasteiger partial charge in [0.15, 0.2) is 0 Å². The van der Waals surface area contributed by atoms with Gasteiger partial charge in [0, 0.05) is 25.2 Å². The topological polar surface area (TPSA) is 68.3 Å². The molecule has 2 fully saturated rings. The normalized spacial score (nSPS) is 22.1. The molecule has 1 aromatic carbocycles. The maximum atomic E-state index is 12.9. The Balaban J connectivity index is 1.94. The van der Waals surface area contributed by atoms with Gasteiger partial charge in [-0.15, -0.1) is 0 Å². The number of benzene rings is 1. The molecule has 0 aromatic heterocycles. The Morgan fingerprint density at radius 3 is 2.42 bits per heavy atom. The molecule has 24 heavy (non-hydrogen) atoms. The number of morpholine rings is 1. The lowest BCUT2D eigenvalue weighted by molar-refractivity contribution is -0.123. The minimum Gasteiger partial charge on any atom is -0.495 e. The third-order valence-corrected chi connectivity index (χ3v) is 4.60. The summed E-state index contributed by atoms with van der Waals surface area (Å²) < 4.78 is 15.8. The molecule has 1 aromatic rings. The maximum Gasteiger partial charge on any atom is 0.251 e. The smallest absolute Gasteiger partial charge is 0.251 e. The van der Waals surface area contributed by atoms with Gasteiger partial charge >= 0.3 is 0 Å². The van der Waals surface area contributed by atoms with Gasteiger partial charge in [0.2, 0.25) is 5.91 Å². The van der Waals surface area contributed by atoms with Crippen LogP contribution in [0.25, 0.3) is 0 Å². The zero-order valence-electron chi connectivity index (χ0n) is 13.6. The number of anilines is 1. The summed E-state index contributed by atoms with van der Waals surface area (Å²) in [5.41, 5.74) is 0.351. The van der Waals surface area contributed by atoms with Crippen molar-refractivity contribution in [2.45, 2.75) is 12.5 Å². The average molecular weight is 355 g/mol. The Hall–Kier alpha value is -1.83. The first-order chi connectivity index (χ1) is 11.6. The molecule has 2 amide bonds. The van der Waals surface area contributed by atoms with Gasteiger partial charge in [-0.2, -0.15) is 0 Å². The molecule has 2 saturated heterocycles. The van der Waals surface area contributed by atoms with Crippen LogP contribution in [0.5, 0.6) is 11.5 Å². The molecule has 1 atom stereocenters. The quantitative estimate of drug-likeness (QED) is 0.760. The standard InChI is InChI=1S/C16H19ClN2O5/c1-22-13-8-11(14(23-2)7-10(13)17)19-15(20)9-12(16(19)21)18-3-5-24-6-4-18/h7-8,12H,3-6,9H2,1-2H3. The number of rotatable bonds is 4. The van der Waals surface area contributed by atoms with Crippen LogP contribution in [0.3, 0.4) is 0 Å². The second-order valence-corrected chi connectivity index (χ2v) is 6.00. The first-order valence-electron chi connectivity index (χ1n) is 7.67. The predicted molar refractivity (Wildman–Crippen MR) is 87.8 cm³/mol. The summed E-state index contributed by atoms with van der Waals surface area (Å²) in [5, 5.41) is 0.349. The lowest BCUT2D eigenvalue weighted by atomic mass is 10.2. The fraction of sp³-hybridized carbons (Fsp3) is 0.500. The van der Waals surface area contributed by atoms with Gasteiger partial charge in [-0.1, -0.05) is 11.6 Å². The second-order valence-electron chi connectivity index (χ2n) is 5.59. The predicted octanol–water partition coefficient (Wildman–Crippen LogP) is 1.32. The van der Waals surface area contributed by atoms with Gasteiger partial charge in [-0.25, -0.2) is 4.90 Å². The van der Waals surface area contributed by atoms with Crippen molar-refractivity contribution in [1.82, 2.24) is 4.90 Å². The largest absolute Gasteiger partial charge is 0.495 e. The monoisotopic (exact) mass is 354 g/mol. The average Bonchev–Trinajstić information content (AvgIpc) is 2.90. The van der Waals surface area contributed by atoms with E-state index < -0.39 is 6.04 Å². The molecule has 0 aliphatic carbocycles. The van der Waals surface area contributed by atoms with Crippen LogP contribution >= 0.6 is 11.6 Å². The zero-order chi connectivity index (χ0) is 17.3. The number of halogens is 1. The molecule has 2 heterocycles. The van der Waals surface area contributed by atoms with Crippen molar-refractivity contribution in [1.29, 1.82) is 0 Å². The van der Waals surface area contributed by atoms with E-state index in [4.69, 9.17) is 25.8 Å². The van der Waals surface area contributed by atoms with E-state index in [0.717, 1.165) is 4.90 Å². The van der Waals surface area contributed by atoms with Crippen molar-refractivity contribution < 1.29 is 23.8 Å². The van der Waals surface area contributed by atoms with Crippen molar-refractivity contribution in [3.05, 3.63) is 17.2 Å². The van der Waals surface area contributed by atoms with E-state index in [-0.39, 0.29) is 18.2 Å². The van der Waals surface area contributed by atoms with Crippen molar-refractivity contribution in [3.63, 3.8) is 0 Å². The second kappa shape index (κ2) is 6.96. The third-order valence-electron chi connectivity index (χ3n) is 4.30. The molecule has 3 rings (SSSR count). The number of methoxy groups -OCH3 is 2. The van der Waals surface area contributed by atoms with Crippen molar-refractivity contribution in [3.8, 4) is 11.5 Å². The van der Waals surface area contributed by atoms with Crippen LogP contribution < -0.4 is 14.4 Å². The molecule has 1 unspecified atom stereocenters. The number of carbonyl (C=O) groups excluding carboxylic acids is 2. The lowest BCUT2D eigenvalue weighted by Crippen LogP contribution is -2.47. The molecular weight excluding hydrogens is 336 g/mol. The van der Waals surface area contributed by atoms with Crippen LogP contribution in [-0.4, -0.2) is 63.3 Å². The Morgan fingerprint density at radius 2 is 1.79 bits per heavy atom. The van der Waals surface area contributed by atoms with Crippen LogP contribution in [0.2, 0.25) is 5.02 Å². The van der Waals surface area contributed by atoms with E-state index in [1.165, 1.54) is 14.2 Å². The molecule has 7 nitrogen and oxygen atoms in total. The number of carbonyl (C=O) groups is 2. The third kappa shape index (κ3) is 2.94. The molecule has 0 N–H and O–H groups in total. The van der Waals surface area contributed by atoms with Crippen molar-refractivity contribution in [2.24, 2.45) is 0 Å². The van der Waals surface area contributed by atoms with Crippen molar-refractivity contribution in [2.75, 3.05) is 45.4 Å². The van der Waals surface area contributed by atoms with Crippen LogP contribution in [0.15, 0.2) is 12.1 Å². The van der Waals surface area contributed by atoms with Gasteiger partial charge in [0.05, 0.1) is 50.6 Å². The summed E-state index contributed by atoms with van der Waals surface area (Å²) >= 11 is 6.09.